The third kappa shape index (κ3) is 5.51. The Labute approximate surface area is 95.5 Å². The predicted molar refractivity (Wildman–Crippen MR) is 67.9 cm³/mol. The van der Waals surface area contributed by atoms with Gasteiger partial charge in [0.15, 0.2) is 0 Å². The topological polar surface area (TPSA) is 26.3 Å². The van der Waals surface area contributed by atoms with E-state index in [2.05, 4.69) is 41.5 Å². The molecule has 0 saturated carbocycles. The van der Waals surface area contributed by atoms with E-state index < -0.39 is 0 Å². The van der Waals surface area contributed by atoms with Crippen molar-refractivity contribution in [2.75, 3.05) is 13.3 Å². The van der Waals surface area contributed by atoms with Crippen LogP contribution in [0.4, 0.5) is 0 Å². The Bertz CT molecular complexity index is 197. The van der Waals surface area contributed by atoms with Crippen molar-refractivity contribution in [1.82, 2.24) is 0 Å². The first-order valence-electron chi connectivity index (χ1n) is 5.43. The molecule has 0 heterocycles. The molecule has 0 saturated heterocycles. The first-order valence-corrected chi connectivity index (χ1v) is 6.96. The fourth-order valence-corrected chi connectivity index (χ4v) is 5.74. The molecule has 15 heavy (non-hydrogen) atoms. The Morgan fingerprint density at radius 3 is 1.73 bits per heavy atom. The molecule has 0 aliphatic rings. The van der Waals surface area contributed by atoms with Crippen LogP contribution in [0.5, 0.6) is 0 Å². The molecule has 0 radical (unpaired) electrons. The van der Waals surface area contributed by atoms with E-state index in [-0.39, 0.29) is 13.9 Å². The lowest BCUT2D eigenvalue weighted by Crippen LogP contribution is -2.27. The van der Waals surface area contributed by atoms with Gasteiger partial charge in [-0.2, -0.15) is 0 Å². The van der Waals surface area contributed by atoms with E-state index in [0.29, 0.717) is 16.7 Å². The SMILES string of the molecule is COC(=O)CCP(C(C)(C)C)C(C)(C)C. The van der Waals surface area contributed by atoms with Crippen LogP contribution in [0.2, 0.25) is 0 Å². The first kappa shape index (κ1) is 14.9. The van der Waals surface area contributed by atoms with Gasteiger partial charge in [0.2, 0.25) is 0 Å². The van der Waals surface area contributed by atoms with Crippen LogP contribution < -0.4 is 0 Å². The average Bonchev–Trinajstić information content (AvgIpc) is 1.99. The van der Waals surface area contributed by atoms with E-state index in [1.807, 2.05) is 0 Å². The van der Waals surface area contributed by atoms with Gasteiger partial charge in [-0.1, -0.05) is 49.5 Å². The predicted octanol–water partition coefficient (Wildman–Crippen LogP) is 3.63. The van der Waals surface area contributed by atoms with Crippen LogP contribution in [0.15, 0.2) is 0 Å². The van der Waals surface area contributed by atoms with Gasteiger partial charge in [-0.25, -0.2) is 0 Å². The fourth-order valence-electron chi connectivity index (χ4n) is 1.98. The lowest BCUT2D eigenvalue weighted by Gasteiger charge is -2.41. The van der Waals surface area contributed by atoms with Gasteiger partial charge in [0.25, 0.3) is 0 Å². The number of ether oxygens (including phenoxy) is 1. The van der Waals surface area contributed by atoms with Crippen molar-refractivity contribution in [3.63, 3.8) is 0 Å². The smallest absolute Gasteiger partial charge is 0.305 e. The summed E-state index contributed by atoms with van der Waals surface area (Å²) in [5.74, 6) is -0.0870. The molecular formula is C12H25O2P. The Kier molecular flexibility index (Phi) is 5.26. The molecule has 0 unspecified atom stereocenters. The highest BCUT2D eigenvalue weighted by Gasteiger charge is 2.34. The summed E-state index contributed by atoms with van der Waals surface area (Å²) in [5.41, 5.74) is 0. The number of esters is 1. The summed E-state index contributed by atoms with van der Waals surface area (Å²) in [6.07, 6.45) is 1.52. The zero-order chi connectivity index (χ0) is 12.3. The van der Waals surface area contributed by atoms with Crippen LogP contribution in [0.3, 0.4) is 0 Å². The van der Waals surface area contributed by atoms with Crippen LogP contribution >= 0.6 is 7.92 Å². The number of methoxy groups -OCH3 is 1. The number of hydrogen-bond acceptors (Lipinski definition) is 2. The minimum atomic E-state index is -0.182. The van der Waals surface area contributed by atoms with Crippen LogP contribution in [-0.4, -0.2) is 29.6 Å². The molecule has 0 N–H and O–H groups in total. The third-order valence-electron chi connectivity index (χ3n) is 2.39. The minimum absolute atomic E-state index is 0.0870. The largest absolute Gasteiger partial charge is 0.469 e. The van der Waals surface area contributed by atoms with Gasteiger partial charge >= 0.3 is 5.97 Å². The molecule has 0 aromatic rings. The number of rotatable bonds is 3. The molecule has 0 spiro atoms. The van der Waals surface area contributed by atoms with Crippen LogP contribution in [0, 0.1) is 0 Å². The van der Waals surface area contributed by atoms with Crippen molar-refractivity contribution < 1.29 is 9.53 Å². The second-order valence-corrected chi connectivity index (χ2v) is 9.81. The standard InChI is InChI=1S/C12H25O2P/c1-11(2,3)15(12(4,5)6)9-8-10(13)14-7/h8-9H2,1-7H3. The van der Waals surface area contributed by atoms with Gasteiger partial charge in [0.1, 0.15) is 0 Å². The number of carbonyl (C=O) groups is 1. The van der Waals surface area contributed by atoms with E-state index >= 15 is 0 Å². The second kappa shape index (κ2) is 5.30. The molecule has 0 aliphatic carbocycles. The monoisotopic (exact) mass is 232 g/mol. The Morgan fingerprint density at radius 1 is 1.07 bits per heavy atom. The molecule has 0 fully saturated rings. The molecule has 0 atom stereocenters. The summed E-state index contributed by atoms with van der Waals surface area (Å²) in [5, 5.41) is 0.587. The minimum Gasteiger partial charge on any atom is -0.469 e. The van der Waals surface area contributed by atoms with E-state index in [0.717, 1.165) is 6.16 Å². The van der Waals surface area contributed by atoms with Crippen LogP contribution in [0.1, 0.15) is 48.0 Å². The highest BCUT2D eigenvalue weighted by molar-refractivity contribution is 7.60. The molecule has 90 valence electrons. The normalized spacial score (nSPS) is 13.1. The van der Waals surface area contributed by atoms with Gasteiger partial charge in [-0.3, -0.25) is 4.79 Å². The molecule has 2 nitrogen and oxygen atoms in total. The molecule has 0 amide bonds. The van der Waals surface area contributed by atoms with E-state index in [1.54, 1.807) is 0 Å². The molecule has 0 rings (SSSR count). The highest BCUT2D eigenvalue weighted by Crippen LogP contribution is 2.59. The van der Waals surface area contributed by atoms with Crippen molar-refractivity contribution in [1.29, 1.82) is 0 Å². The molecule has 3 heteroatoms. The Morgan fingerprint density at radius 2 is 1.47 bits per heavy atom. The van der Waals surface area contributed by atoms with E-state index in [1.165, 1.54) is 7.11 Å². The van der Waals surface area contributed by atoms with Gasteiger partial charge in [0.05, 0.1) is 7.11 Å². The Balaban J connectivity index is 4.49. The molecule has 0 bridgehead atoms. The maximum absolute atomic E-state index is 11.2. The van der Waals surface area contributed by atoms with Crippen LogP contribution in [-0.2, 0) is 9.53 Å². The van der Waals surface area contributed by atoms with Crippen LogP contribution in [0.25, 0.3) is 0 Å². The maximum Gasteiger partial charge on any atom is 0.305 e. The van der Waals surface area contributed by atoms with Crippen molar-refractivity contribution >= 4 is 13.9 Å². The third-order valence-corrected chi connectivity index (χ3v) is 6.30. The van der Waals surface area contributed by atoms with Crippen molar-refractivity contribution in [3.05, 3.63) is 0 Å². The highest BCUT2D eigenvalue weighted by atomic mass is 31.1. The summed E-state index contributed by atoms with van der Waals surface area (Å²) in [4.78, 5) is 11.2. The summed E-state index contributed by atoms with van der Waals surface area (Å²) >= 11 is 0. The van der Waals surface area contributed by atoms with E-state index in [4.69, 9.17) is 4.74 Å². The zero-order valence-electron chi connectivity index (χ0n) is 11.2. The number of carbonyl (C=O) groups excluding carboxylic acids is 1. The summed E-state index contributed by atoms with van der Waals surface area (Å²) < 4.78 is 4.70. The van der Waals surface area contributed by atoms with Crippen molar-refractivity contribution in [3.8, 4) is 0 Å². The fraction of sp³-hybridized carbons (Fsp3) is 0.917. The summed E-state index contributed by atoms with van der Waals surface area (Å²) in [6, 6.07) is 0. The molecule has 0 aliphatic heterocycles. The number of hydrogen-bond donors (Lipinski definition) is 0. The van der Waals surface area contributed by atoms with Crippen molar-refractivity contribution in [2.45, 2.75) is 58.3 Å². The average molecular weight is 232 g/mol. The van der Waals surface area contributed by atoms with Gasteiger partial charge in [0, 0.05) is 6.42 Å². The Hall–Kier alpha value is -0.100. The molecule has 0 aromatic heterocycles. The quantitative estimate of drug-likeness (QED) is 0.548. The van der Waals surface area contributed by atoms with Gasteiger partial charge in [-0.05, 0) is 16.5 Å². The summed E-state index contributed by atoms with van der Waals surface area (Å²) in [7, 11) is 1.28. The first-order chi connectivity index (χ1) is 6.59. The van der Waals surface area contributed by atoms with Crippen molar-refractivity contribution in [2.24, 2.45) is 0 Å². The zero-order valence-corrected chi connectivity index (χ0v) is 12.1. The molecule has 0 aromatic carbocycles. The lowest BCUT2D eigenvalue weighted by molar-refractivity contribution is -0.140. The van der Waals surface area contributed by atoms with Gasteiger partial charge in [-0.15, -0.1) is 0 Å². The summed E-state index contributed by atoms with van der Waals surface area (Å²) in [6.45, 7) is 13.6. The molecular weight excluding hydrogens is 207 g/mol. The second-order valence-electron chi connectivity index (χ2n) is 5.82. The maximum atomic E-state index is 11.2. The lowest BCUT2D eigenvalue weighted by atomic mass is 10.2. The van der Waals surface area contributed by atoms with E-state index in [9.17, 15) is 4.79 Å². The van der Waals surface area contributed by atoms with Gasteiger partial charge < -0.3 is 4.74 Å².